The molecule has 0 radical (unpaired) electrons. The average molecular weight is 402 g/mol. The molecule has 2 aliphatic rings. The number of esters is 1. The van der Waals surface area contributed by atoms with Crippen LogP contribution in [0.15, 0.2) is 42.5 Å². The predicted octanol–water partition coefficient (Wildman–Crippen LogP) is 3.17. The van der Waals surface area contributed by atoms with Crippen LogP contribution in [0.4, 0.5) is 10.1 Å². The van der Waals surface area contributed by atoms with E-state index in [1.165, 1.54) is 19.2 Å². The van der Waals surface area contributed by atoms with Crippen LogP contribution in [0.2, 0.25) is 0 Å². The third-order valence-corrected chi connectivity index (χ3v) is 5.55. The zero-order valence-corrected chi connectivity index (χ0v) is 16.4. The lowest BCUT2D eigenvalue weighted by Crippen LogP contribution is -2.71. The lowest BCUT2D eigenvalue weighted by Gasteiger charge is -2.55. The minimum atomic E-state index is -1.21. The Kier molecular flexibility index (Phi) is 4.38. The molecule has 146 valence electrons. The van der Waals surface area contributed by atoms with Gasteiger partial charge in [-0.25, -0.2) is 4.39 Å². The van der Waals surface area contributed by atoms with Gasteiger partial charge in [-0.15, -0.1) is 0 Å². The average Bonchev–Trinajstić information content (AvgIpc) is 2.68. The van der Waals surface area contributed by atoms with Gasteiger partial charge in [0.1, 0.15) is 11.7 Å². The molecule has 2 aromatic carbocycles. The Morgan fingerprint density at radius 2 is 1.96 bits per heavy atom. The first-order chi connectivity index (χ1) is 13.4. The van der Waals surface area contributed by atoms with Gasteiger partial charge in [0, 0.05) is 11.3 Å². The molecular formula is C20H19FN2O4S. The number of thiocarbonyl (C=S) groups is 1. The number of halogens is 1. The fourth-order valence-electron chi connectivity index (χ4n) is 4.00. The Morgan fingerprint density at radius 3 is 2.61 bits per heavy atom. The van der Waals surface area contributed by atoms with Gasteiger partial charge in [0.2, 0.25) is 5.72 Å². The number of carbonyl (C=O) groups excluding carboxylic acids is 1. The molecule has 4 rings (SSSR count). The molecule has 2 bridgehead atoms. The second-order valence-electron chi connectivity index (χ2n) is 6.78. The Labute approximate surface area is 167 Å². The van der Waals surface area contributed by atoms with Crippen molar-refractivity contribution in [1.82, 2.24) is 5.32 Å². The molecule has 3 atom stereocenters. The van der Waals surface area contributed by atoms with E-state index in [9.17, 15) is 9.18 Å². The van der Waals surface area contributed by atoms with E-state index in [0.717, 1.165) is 5.56 Å². The van der Waals surface area contributed by atoms with Crippen molar-refractivity contribution in [2.45, 2.75) is 18.7 Å². The molecule has 0 aliphatic carbocycles. The summed E-state index contributed by atoms with van der Waals surface area (Å²) in [4.78, 5) is 14.5. The molecule has 0 spiro atoms. The van der Waals surface area contributed by atoms with Crippen LogP contribution >= 0.6 is 12.2 Å². The van der Waals surface area contributed by atoms with Crippen LogP contribution in [0, 0.1) is 11.7 Å². The van der Waals surface area contributed by atoms with Gasteiger partial charge >= 0.3 is 5.97 Å². The summed E-state index contributed by atoms with van der Waals surface area (Å²) in [6, 6.07) is 10.9. The summed E-state index contributed by atoms with van der Waals surface area (Å²) in [5.41, 5.74) is 0.139. The molecule has 8 heteroatoms. The second kappa shape index (κ2) is 6.63. The van der Waals surface area contributed by atoms with Crippen molar-refractivity contribution in [1.29, 1.82) is 0 Å². The molecular weight excluding hydrogens is 383 g/mol. The van der Waals surface area contributed by atoms with E-state index in [2.05, 4.69) is 5.32 Å². The van der Waals surface area contributed by atoms with Gasteiger partial charge in [0.25, 0.3) is 0 Å². The van der Waals surface area contributed by atoms with Crippen LogP contribution in [0.1, 0.15) is 18.5 Å². The third kappa shape index (κ3) is 2.59. The molecule has 0 unspecified atom stereocenters. The van der Waals surface area contributed by atoms with E-state index in [4.69, 9.17) is 26.4 Å². The summed E-state index contributed by atoms with van der Waals surface area (Å²) >= 11 is 5.59. The molecule has 28 heavy (non-hydrogen) atoms. The number of methoxy groups -OCH3 is 2. The largest absolute Gasteiger partial charge is 0.493 e. The number of nitrogens with one attached hydrogen (secondary N) is 1. The minimum absolute atomic E-state index is 0.368. The number of fused-ring (bicyclic) bond motifs is 4. The van der Waals surface area contributed by atoms with Gasteiger partial charge in [-0.2, -0.15) is 0 Å². The predicted molar refractivity (Wildman–Crippen MR) is 105 cm³/mol. The SMILES string of the molecule is COC(=O)[C@H]1[C@H]2NC(=S)N(c3ccc(F)cc3)[C@@]1(C)Oc1c(OC)cccc12. The van der Waals surface area contributed by atoms with Gasteiger partial charge in [0.05, 0.1) is 20.3 Å². The second-order valence-corrected chi connectivity index (χ2v) is 7.16. The Morgan fingerprint density at radius 1 is 1.25 bits per heavy atom. The van der Waals surface area contributed by atoms with Gasteiger partial charge < -0.3 is 19.5 Å². The van der Waals surface area contributed by atoms with Crippen LogP contribution in [-0.2, 0) is 9.53 Å². The molecule has 0 amide bonds. The highest BCUT2D eigenvalue weighted by Gasteiger charge is 2.60. The van der Waals surface area contributed by atoms with Crippen molar-refractivity contribution in [3.63, 3.8) is 0 Å². The van der Waals surface area contributed by atoms with Gasteiger partial charge in [0.15, 0.2) is 16.6 Å². The van der Waals surface area contributed by atoms with Crippen LogP contribution in [-0.4, -0.2) is 31.0 Å². The summed E-state index contributed by atoms with van der Waals surface area (Å²) in [7, 11) is 2.89. The quantitative estimate of drug-likeness (QED) is 0.625. The number of nitrogens with zero attached hydrogens (tertiary/aromatic N) is 1. The maximum Gasteiger partial charge on any atom is 0.317 e. The summed E-state index contributed by atoms with van der Waals surface area (Å²) in [5, 5.41) is 3.60. The first kappa shape index (κ1) is 18.5. The topological polar surface area (TPSA) is 60.0 Å². The Hall–Kier alpha value is -2.87. The van der Waals surface area contributed by atoms with Crippen molar-refractivity contribution >= 4 is 29.0 Å². The zero-order valence-electron chi connectivity index (χ0n) is 15.6. The van der Waals surface area contributed by atoms with Crippen molar-refractivity contribution in [3.05, 3.63) is 53.8 Å². The molecule has 1 N–H and O–H groups in total. The molecule has 6 nitrogen and oxygen atoms in total. The number of anilines is 1. The van der Waals surface area contributed by atoms with Crippen LogP contribution in [0.25, 0.3) is 0 Å². The minimum Gasteiger partial charge on any atom is -0.493 e. The summed E-state index contributed by atoms with van der Waals surface area (Å²) in [6.45, 7) is 1.77. The number of ether oxygens (including phenoxy) is 3. The van der Waals surface area contributed by atoms with E-state index < -0.39 is 23.7 Å². The number of benzene rings is 2. The first-order valence-electron chi connectivity index (χ1n) is 8.70. The van der Waals surface area contributed by atoms with E-state index in [1.54, 1.807) is 37.1 Å². The van der Waals surface area contributed by atoms with Crippen molar-refractivity contribution in [2.24, 2.45) is 5.92 Å². The van der Waals surface area contributed by atoms with Crippen LogP contribution in [0.3, 0.4) is 0 Å². The highest BCUT2D eigenvalue weighted by molar-refractivity contribution is 7.80. The van der Waals surface area contributed by atoms with E-state index in [-0.39, 0.29) is 5.82 Å². The first-order valence-corrected chi connectivity index (χ1v) is 9.11. The molecule has 0 saturated carbocycles. The maximum atomic E-state index is 13.5. The van der Waals surface area contributed by atoms with Gasteiger partial charge in [-0.1, -0.05) is 12.1 Å². The monoisotopic (exact) mass is 402 g/mol. The number of hydrogen-bond acceptors (Lipinski definition) is 5. The summed E-state index contributed by atoms with van der Waals surface area (Å²) < 4.78 is 30.4. The molecule has 2 aromatic rings. The van der Waals surface area contributed by atoms with Crippen LogP contribution < -0.4 is 19.7 Å². The van der Waals surface area contributed by atoms with Crippen LogP contribution in [0.5, 0.6) is 11.5 Å². The van der Waals surface area contributed by atoms with Gasteiger partial charge in [-0.05, 0) is 49.5 Å². The smallest absolute Gasteiger partial charge is 0.317 e. The molecule has 2 heterocycles. The zero-order chi connectivity index (χ0) is 20.1. The highest BCUT2D eigenvalue weighted by atomic mass is 32.1. The van der Waals surface area contributed by atoms with E-state index in [1.807, 2.05) is 12.1 Å². The molecule has 2 aliphatic heterocycles. The molecule has 1 fully saturated rings. The van der Waals surface area contributed by atoms with Gasteiger partial charge in [-0.3, -0.25) is 9.69 Å². The number of para-hydroxylation sites is 1. The Balaban J connectivity index is 1.93. The highest BCUT2D eigenvalue weighted by Crippen LogP contribution is 2.52. The fraction of sp³-hybridized carbons (Fsp3) is 0.300. The van der Waals surface area contributed by atoms with E-state index >= 15 is 0 Å². The number of carbonyl (C=O) groups is 1. The number of hydrogen-bond donors (Lipinski definition) is 1. The van der Waals surface area contributed by atoms with Crippen molar-refractivity contribution in [3.8, 4) is 11.5 Å². The summed E-state index contributed by atoms with van der Waals surface area (Å²) in [6.07, 6.45) is 0. The lowest BCUT2D eigenvalue weighted by molar-refractivity contribution is -0.157. The molecule has 0 aromatic heterocycles. The van der Waals surface area contributed by atoms with E-state index in [0.29, 0.717) is 22.3 Å². The maximum absolute atomic E-state index is 13.5. The standard InChI is InChI=1S/C20H19FN2O4S/c1-20-15(18(24)26-3)16(13-5-4-6-14(25-2)17(13)27-20)22-19(28)23(20)12-9-7-11(21)8-10-12/h4-10,15-16H,1-3H3,(H,22,28)/t15-,16+,20+/m1/s1. The van der Waals surface area contributed by atoms with Crippen molar-refractivity contribution < 1.29 is 23.4 Å². The normalized spacial score (nSPS) is 25.3. The molecule has 1 saturated heterocycles. The fourth-order valence-corrected chi connectivity index (χ4v) is 4.41. The third-order valence-electron chi connectivity index (χ3n) is 5.25. The lowest BCUT2D eigenvalue weighted by atomic mass is 9.79. The Bertz CT molecular complexity index is 952. The number of rotatable bonds is 3. The summed E-state index contributed by atoms with van der Waals surface area (Å²) in [5.74, 6) is -0.466. The van der Waals surface area contributed by atoms with Crippen molar-refractivity contribution in [2.75, 3.05) is 19.1 Å².